The third-order valence-electron chi connectivity index (χ3n) is 3.19. The van der Waals surface area contributed by atoms with Crippen molar-refractivity contribution in [3.63, 3.8) is 0 Å². The summed E-state index contributed by atoms with van der Waals surface area (Å²) in [5.74, 6) is -0.338. The molecule has 7 heteroatoms. The van der Waals surface area contributed by atoms with Gasteiger partial charge in [-0.1, -0.05) is 11.6 Å². The molecule has 0 aromatic heterocycles. The molecule has 0 aliphatic heterocycles. The second-order valence-electron chi connectivity index (χ2n) is 4.90. The third-order valence-corrected chi connectivity index (χ3v) is 3.50. The second-order valence-corrected chi connectivity index (χ2v) is 5.31. The van der Waals surface area contributed by atoms with E-state index in [0.29, 0.717) is 17.6 Å². The minimum absolute atomic E-state index is 0.0797. The van der Waals surface area contributed by atoms with Crippen molar-refractivity contribution in [3.8, 4) is 11.5 Å². The largest absolute Gasteiger partial charge is 0.493 e. The highest BCUT2D eigenvalue weighted by molar-refractivity contribution is 6.33. The molecule has 1 atom stereocenters. The first-order chi connectivity index (χ1) is 11.4. The van der Waals surface area contributed by atoms with Gasteiger partial charge in [-0.2, -0.15) is 0 Å². The molecule has 0 fully saturated rings. The number of ether oxygens (including phenoxy) is 2. The van der Waals surface area contributed by atoms with Crippen LogP contribution in [-0.2, 0) is 4.79 Å². The Balaban J connectivity index is 2.12. The molecule has 126 valence electrons. The van der Waals surface area contributed by atoms with E-state index >= 15 is 0 Å². The van der Waals surface area contributed by atoms with Gasteiger partial charge in [0.25, 0.3) is 5.91 Å². The Kier molecular flexibility index (Phi) is 5.76. The molecule has 1 N–H and O–H groups in total. The zero-order valence-electron chi connectivity index (χ0n) is 13.0. The van der Waals surface area contributed by atoms with Crippen LogP contribution < -0.4 is 14.8 Å². The van der Waals surface area contributed by atoms with E-state index in [2.05, 4.69) is 5.32 Å². The fourth-order valence-electron chi connectivity index (χ4n) is 1.93. The Hall–Kier alpha value is -2.60. The van der Waals surface area contributed by atoms with Crippen LogP contribution >= 0.6 is 11.6 Å². The van der Waals surface area contributed by atoms with Gasteiger partial charge in [0.2, 0.25) is 0 Å². The Bertz CT molecular complexity index is 766. The SMILES string of the molecule is COc1ccc(C=O)cc1O[C@H](C)C(=O)Nc1ccc(F)cc1Cl. The molecule has 0 unspecified atom stereocenters. The van der Waals surface area contributed by atoms with Gasteiger partial charge in [-0.25, -0.2) is 4.39 Å². The van der Waals surface area contributed by atoms with Crippen LogP contribution in [0.4, 0.5) is 10.1 Å². The Morgan fingerprint density at radius 3 is 2.62 bits per heavy atom. The molecule has 24 heavy (non-hydrogen) atoms. The van der Waals surface area contributed by atoms with Crippen molar-refractivity contribution in [1.29, 1.82) is 0 Å². The van der Waals surface area contributed by atoms with Gasteiger partial charge in [-0.3, -0.25) is 9.59 Å². The molecule has 0 bridgehead atoms. The number of halogens is 2. The number of aldehydes is 1. The minimum Gasteiger partial charge on any atom is -0.493 e. The van der Waals surface area contributed by atoms with Gasteiger partial charge in [-0.15, -0.1) is 0 Å². The average Bonchev–Trinajstić information content (AvgIpc) is 2.57. The number of nitrogens with one attached hydrogen (secondary N) is 1. The second kappa shape index (κ2) is 7.79. The van der Waals surface area contributed by atoms with Crippen LogP contribution in [-0.4, -0.2) is 25.4 Å². The van der Waals surface area contributed by atoms with Crippen molar-refractivity contribution >= 4 is 29.5 Å². The molecule has 0 saturated heterocycles. The summed E-state index contributed by atoms with van der Waals surface area (Å²) in [5, 5.41) is 2.63. The first-order valence-electron chi connectivity index (χ1n) is 7.00. The molecule has 0 aliphatic carbocycles. The molecular formula is C17H15ClFNO4. The fraction of sp³-hybridized carbons (Fsp3) is 0.176. The maximum absolute atomic E-state index is 13.0. The lowest BCUT2D eigenvalue weighted by molar-refractivity contribution is -0.122. The molecule has 2 aromatic rings. The fourth-order valence-corrected chi connectivity index (χ4v) is 2.14. The third kappa shape index (κ3) is 4.23. The normalized spacial score (nSPS) is 11.5. The lowest BCUT2D eigenvalue weighted by Crippen LogP contribution is -2.30. The van der Waals surface area contributed by atoms with Crippen LogP contribution in [0, 0.1) is 5.82 Å². The summed E-state index contributed by atoms with van der Waals surface area (Å²) in [6.07, 6.45) is -0.239. The maximum atomic E-state index is 13.0. The maximum Gasteiger partial charge on any atom is 0.265 e. The zero-order chi connectivity index (χ0) is 17.7. The van der Waals surface area contributed by atoms with E-state index in [1.807, 2.05) is 0 Å². The Morgan fingerprint density at radius 1 is 1.25 bits per heavy atom. The average molecular weight is 352 g/mol. The van der Waals surface area contributed by atoms with Crippen LogP contribution in [0.25, 0.3) is 0 Å². The van der Waals surface area contributed by atoms with Gasteiger partial charge in [0, 0.05) is 5.56 Å². The highest BCUT2D eigenvalue weighted by Gasteiger charge is 2.18. The van der Waals surface area contributed by atoms with E-state index < -0.39 is 17.8 Å². The summed E-state index contributed by atoms with van der Waals surface area (Å²) in [7, 11) is 1.45. The van der Waals surface area contributed by atoms with Crippen molar-refractivity contribution in [2.24, 2.45) is 0 Å². The molecule has 0 radical (unpaired) electrons. The van der Waals surface area contributed by atoms with Crippen molar-refractivity contribution in [2.45, 2.75) is 13.0 Å². The van der Waals surface area contributed by atoms with Crippen molar-refractivity contribution in [1.82, 2.24) is 0 Å². The molecule has 5 nitrogen and oxygen atoms in total. The lowest BCUT2D eigenvalue weighted by atomic mass is 10.2. The number of hydrogen-bond acceptors (Lipinski definition) is 4. The number of carbonyl (C=O) groups excluding carboxylic acids is 2. The predicted molar refractivity (Wildman–Crippen MR) is 88.5 cm³/mol. The highest BCUT2D eigenvalue weighted by atomic mass is 35.5. The van der Waals surface area contributed by atoms with Gasteiger partial charge < -0.3 is 14.8 Å². The van der Waals surface area contributed by atoms with Crippen LogP contribution in [0.1, 0.15) is 17.3 Å². The summed E-state index contributed by atoms with van der Waals surface area (Å²) in [5.41, 5.74) is 0.659. The summed E-state index contributed by atoms with van der Waals surface area (Å²) >= 11 is 5.87. The molecule has 0 heterocycles. The molecule has 0 spiro atoms. The number of amides is 1. The number of anilines is 1. The molecular weight excluding hydrogens is 337 g/mol. The Morgan fingerprint density at radius 2 is 2.00 bits per heavy atom. The summed E-state index contributed by atoms with van der Waals surface area (Å²) < 4.78 is 23.7. The van der Waals surface area contributed by atoms with Crippen molar-refractivity contribution in [2.75, 3.05) is 12.4 Å². The van der Waals surface area contributed by atoms with E-state index in [1.54, 1.807) is 12.1 Å². The highest BCUT2D eigenvalue weighted by Crippen LogP contribution is 2.29. The van der Waals surface area contributed by atoms with Gasteiger partial charge in [0.15, 0.2) is 17.6 Å². The smallest absolute Gasteiger partial charge is 0.265 e. The molecule has 0 aliphatic rings. The number of benzene rings is 2. The quantitative estimate of drug-likeness (QED) is 0.806. The standard InChI is InChI=1S/C17H15ClFNO4/c1-10(17(22)20-14-5-4-12(19)8-13(14)18)24-16-7-11(9-21)3-6-15(16)23-2/h3-10H,1-2H3,(H,20,22)/t10-/m1/s1. The monoisotopic (exact) mass is 351 g/mol. The van der Waals surface area contributed by atoms with E-state index in [0.717, 1.165) is 6.07 Å². The number of rotatable bonds is 6. The molecule has 2 rings (SSSR count). The number of hydrogen-bond donors (Lipinski definition) is 1. The van der Waals surface area contributed by atoms with Crippen LogP contribution in [0.15, 0.2) is 36.4 Å². The first-order valence-corrected chi connectivity index (χ1v) is 7.38. The zero-order valence-corrected chi connectivity index (χ0v) is 13.8. The number of methoxy groups -OCH3 is 1. The van der Waals surface area contributed by atoms with E-state index in [-0.39, 0.29) is 16.5 Å². The van der Waals surface area contributed by atoms with Crippen molar-refractivity contribution < 1.29 is 23.5 Å². The van der Waals surface area contributed by atoms with E-state index in [9.17, 15) is 14.0 Å². The topological polar surface area (TPSA) is 64.6 Å². The van der Waals surface area contributed by atoms with E-state index in [4.69, 9.17) is 21.1 Å². The molecule has 2 aromatic carbocycles. The Labute approximate surface area is 143 Å². The van der Waals surface area contributed by atoms with Crippen LogP contribution in [0.2, 0.25) is 5.02 Å². The summed E-state index contributed by atoms with van der Waals surface area (Å²) in [4.78, 5) is 23.1. The summed E-state index contributed by atoms with van der Waals surface area (Å²) in [6, 6.07) is 8.25. The van der Waals surface area contributed by atoms with Gasteiger partial charge in [0.1, 0.15) is 12.1 Å². The van der Waals surface area contributed by atoms with Crippen LogP contribution in [0.5, 0.6) is 11.5 Å². The predicted octanol–water partition coefficient (Wildman–Crippen LogP) is 3.71. The molecule has 1 amide bonds. The van der Waals surface area contributed by atoms with Gasteiger partial charge in [0.05, 0.1) is 17.8 Å². The minimum atomic E-state index is -0.901. The summed E-state index contributed by atoms with van der Waals surface area (Å²) in [6.45, 7) is 1.53. The van der Waals surface area contributed by atoms with Crippen molar-refractivity contribution in [3.05, 3.63) is 52.8 Å². The number of carbonyl (C=O) groups is 2. The van der Waals surface area contributed by atoms with Crippen LogP contribution in [0.3, 0.4) is 0 Å². The van der Waals surface area contributed by atoms with Gasteiger partial charge >= 0.3 is 0 Å². The first kappa shape index (κ1) is 17.7. The molecule has 0 saturated carbocycles. The van der Waals surface area contributed by atoms with E-state index in [1.165, 1.54) is 32.2 Å². The lowest BCUT2D eigenvalue weighted by Gasteiger charge is -2.17. The van der Waals surface area contributed by atoms with Gasteiger partial charge in [-0.05, 0) is 43.3 Å².